The van der Waals surface area contributed by atoms with Crippen molar-refractivity contribution in [3.05, 3.63) is 35.0 Å². The smallest absolute Gasteiger partial charge is 0.274 e. The van der Waals surface area contributed by atoms with Crippen LogP contribution in [-0.4, -0.2) is 59.3 Å². The number of H-pyrrole nitrogens is 1. The van der Waals surface area contributed by atoms with Crippen LogP contribution in [-0.2, 0) is 11.3 Å². The van der Waals surface area contributed by atoms with Crippen molar-refractivity contribution in [1.82, 2.24) is 20.4 Å². The van der Waals surface area contributed by atoms with E-state index < -0.39 is 0 Å². The molecule has 9 heteroatoms. The van der Waals surface area contributed by atoms with Gasteiger partial charge in [-0.2, -0.15) is 5.10 Å². The molecular formula is C25H37N5O4. The van der Waals surface area contributed by atoms with E-state index in [-0.39, 0.29) is 23.6 Å². The number of aromatic nitrogens is 2. The Morgan fingerprint density at radius 1 is 1.15 bits per heavy atom. The molecule has 0 unspecified atom stereocenters. The maximum absolute atomic E-state index is 13.0. The number of morpholine rings is 1. The summed E-state index contributed by atoms with van der Waals surface area (Å²) in [5, 5.41) is 12.7. The number of nitrogens with zero attached hydrogens (tertiary/aromatic N) is 2. The van der Waals surface area contributed by atoms with Gasteiger partial charge in [0.15, 0.2) is 5.69 Å². The van der Waals surface area contributed by atoms with Gasteiger partial charge in [0.2, 0.25) is 0 Å². The van der Waals surface area contributed by atoms with E-state index in [1.54, 1.807) is 13.0 Å². The largest absolute Gasteiger partial charge is 0.464 e. The lowest BCUT2D eigenvalue weighted by Crippen LogP contribution is -2.39. The highest BCUT2D eigenvalue weighted by atomic mass is 16.5. The molecule has 2 aromatic heterocycles. The van der Waals surface area contributed by atoms with Gasteiger partial charge in [0.1, 0.15) is 11.5 Å². The average molecular weight is 472 g/mol. The molecule has 2 amide bonds. The van der Waals surface area contributed by atoms with Gasteiger partial charge in [-0.05, 0) is 50.0 Å². The van der Waals surface area contributed by atoms with Crippen molar-refractivity contribution in [2.24, 2.45) is 11.3 Å². The first-order valence-corrected chi connectivity index (χ1v) is 12.3. The minimum absolute atomic E-state index is 0.130. The minimum atomic E-state index is -0.324. The average Bonchev–Trinajstić information content (AvgIpc) is 3.40. The van der Waals surface area contributed by atoms with Gasteiger partial charge in [-0.25, -0.2) is 0 Å². The van der Waals surface area contributed by atoms with Gasteiger partial charge >= 0.3 is 0 Å². The van der Waals surface area contributed by atoms with Gasteiger partial charge < -0.3 is 19.8 Å². The number of carbonyl (C=O) groups excluding carboxylic acids is 2. The number of nitrogens with one attached hydrogen (secondary N) is 3. The normalized spacial score (nSPS) is 21.9. The lowest BCUT2D eigenvalue weighted by molar-refractivity contribution is 0.0312. The van der Waals surface area contributed by atoms with Gasteiger partial charge in [0.05, 0.1) is 31.0 Å². The quantitative estimate of drug-likeness (QED) is 0.592. The van der Waals surface area contributed by atoms with E-state index in [4.69, 9.17) is 9.15 Å². The Labute approximate surface area is 201 Å². The third kappa shape index (κ3) is 5.88. The predicted molar refractivity (Wildman–Crippen MR) is 129 cm³/mol. The standard InChI is InChI=1S/C25H37N5O4/c1-16-20(13-19(34-16)15-30-9-11-33-12-10-30)23(31)28-21-14-26-29-22(21)24(32)27-18-7-5-17(6-8-18)25(2,3)4/h13-14,17-18H,5-12,15H2,1-4H3,(H,26,29)(H,27,32)(H,28,31). The Bertz CT molecular complexity index is 991. The summed E-state index contributed by atoms with van der Waals surface area (Å²) in [5.41, 5.74) is 1.31. The van der Waals surface area contributed by atoms with Gasteiger partial charge in [0, 0.05) is 25.3 Å². The van der Waals surface area contributed by atoms with Crippen LogP contribution >= 0.6 is 0 Å². The lowest BCUT2D eigenvalue weighted by atomic mass is 9.71. The lowest BCUT2D eigenvalue weighted by Gasteiger charge is -2.37. The third-order valence-corrected chi connectivity index (χ3v) is 7.09. The Hall–Kier alpha value is -2.65. The number of rotatable bonds is 6. The van der Waals surface area contributed by atoms with Crippen LogP contribution in [0.2, 0.25) is 0 Å². The summed E-state index contributed by atoms with van der Waals surface area (Å²) in [5.74, 6) is 1.36. The molecule has 2 aliphatic rings. The molecule has 1 saturated carbocycles. The number of hydrogen-bond acceptors (Lipinski definition) is 6. The van der Waals surface area contributed by atoms with Crippen molar-refractivity contribution in [2.45, 2.75) is 66.0 Å². The Morgan fingerprint density at radius 2 is 1.85 bits per heavy atom. The maximum atomic E-state index is 13.0. The molecule has 34 heavy (non-hydrogen) atoms. The second-order valence-electron chi connectivity index (χ2n) is 10.6. The van der Waals surface area contributed by atoms with Gasteiger partial charge in [-0.3, -0.25) is 19.6 Å². The summed E-state index contributed by atoms with van der Waals surface area (Å²) in [4.78, 5) is 28.1. The highest BCUT2D eigenvalue weighted by Gasteiger charge is 2.31. The zero-order valence-corrected chi connectivity index (χ0v) is 20.7. The van der Waals surface area contributed by atoms with Crippen LogP contribution in [0.25, 0.3) is 0 Å². The first kappa shape index (κ1) is 24.5. The van der Waals surface area contributed by atoms with Crippen molar-refractivity contribution in [2.75, 3.05) is 31.6 Å². The van der Waals surface area contributed by atoms with Crippen LogP contribution in [0.15, 0.2) is 16.7 Å². The SMILES string of the molecule is Cc1oc(CN2CCOCC2)cc1C(=O)Nc1c[nH]nc1C(=O)NC1CCC(C(C)(C)C)CC1. The number of furan rings is 1. The number of hydrogen-bond donors (Lipinski definition) is 3. The summed E-state index contributed by atoms with van der Waals surface area (Å²) in [6.07, 6.45) is 5.66. The van der Waals surface area contributed by atoms with E-state index >= 15 is 0 Å². The number of carbonyl (C=O) groups is 2. The fourth-order valence-electron chi connectivity index (χ4n) is 4.93. The summed E-state index contributed by atoms with van der Waals surface area (Å²) in [6, 6.07) is 1.90. The number of anilines is 1. The topological polar surface area (TPSA) is 112 Å². The molecule has 2 fully saturated rings. The zero-order valence-electron chi connectivity index (χ0n) is 20.7. The van der Waals surface area contributed by atoms with Crippen LogP contribution in [0, 0.1) is 18.3 Å². The first-order chi connectivity index (χ1) is 16.2. The molecule has 1 aliphatic carbocycles. The molecule has 2 aromatic rings. The highest BCUT2D eigenvalue weighted by Crippen LogP contribution is 2.37. The van der Waals surface area contributed by atoms with Crippen LogP contribution < -0.4 is 10.6 Å². The van der Waals surface area contributed by atoms with Gasteiger partial charge in [-0.1, -0.05) is 20.8 Å². The number of aryl methyl sites for hydroxylation is 1. The molecule has 4 rings (SSSR count). The molecule has 9 nitrogen and oxygen atoms in total. The fraction of sp³-hybridized carbons (Fsp3) is 0.640. The van der Waals surface area contributed by atoms with E-state index in [1.165, 1.54) is 6.20 Å². The molecule has 0 bridgehead atoms. The Morgan fingerprint density at radius 3 is 2.53 bits per heavy atom. The van der Waals surface area contributed by atoms with Crippen molar-refractivity contribution >= 4 is 17.5 Å². The van der Waals surface area contributed by atoms with E-state index in [9.17, 15) is 9.59 Å². The minimum Gasteiger partial charge on any atom is -0.464 e. The zero-order chi connectivity index (χ0) is 24.3. The molecule has 0 radical (unpaired) electrons. The number of ether oxygens (including phenoxy) is 1. The van der Waals surface area contributed by atoms with E-state index in [2.05, 4.69) is 46.5 Å². The molecular weight excluding hydrogens is 434 g/mol. The van der Waals surface area contributed by atoms with E-state index in [1.807, 2.05) is 0 Å². The molecule has 3 heterocycles. The van der Waals surface area contributed by atoms with Crippen molar-refractivity contribution in [3.8, 4) is 0 Å². The second kappa shape index (κ2) is 10.3. The molecule has 186 valence electrons. The summed E-state index contributed by atoms with van der Waals surface area (Å²) in [7, 11) is 0. The maximum Gasteiger partial charge on any atom is 0.274 e. The number of amides is 2. The Balaban J connectivity index is 1.35. The van der Waals surface area contributed by atoms with Crippen LogP contribution in [0.5, 0.6) is 0 Å². The molecule has 1 saturated heterocycles. The fourth-order valence-corrected chi connectivity index (χ4v) is 4.93. The van der Waals surface area contributed by atoms with Crippen LogP contribution in [0.1, 0.15) is 78.8 Å². The predicted octanol–water partition coefficient (Wildman–Crippen LogP) is 3.73. The summed E-state index contributed by atoms with van der Waals surface area (Å²) >= 11 is 0. The van der Waals surface area contributed by atoms with Crippen molar-refractivity contribution in [1.29, 1.82) is 0 Å². The number of aromatic amines is 1. The molecule has 0 atom stereocenters. The second-order valence-corrected chi connectivity index (χ2v) is 10.6. The van der Waals surface area contributed by atoms with Gasteiger partial charge in [0.25, 0.3) is 11.8 Å². The summed E-state index contributed by atoms with van der Waals surface area (Å²) < 4.78 is 11.2. The van der Waals surface area contributed by atoms with Crippen LogP contribution in [0.3, 0.4) is 0 Å². The van der Waals surface area contributed by atoms with Crippen molar-refractivity contribution < 1.29 is 18.7 Å². The first-order valence-electron chi connectivity index (χ1n) is 12.3. The monoisotopic (exact) mass is 471 g/mol. The summed E-state index contributed by atoms with van der Waals surface area (Å²) in [6.45, 7) is 12.3. The van der Waals surface area contributed by atoms with Crippen LogP contribution in [0.4, 0.5) is 5.69 Å². The molecule has 0 aromatic carbocycles. The van der Waals surface area contributed by atoms with Gasteiger partial charge in [-0.15, -0.1) is 0 Å². The molecule has 3 N–H and O–H groups in total. The van der Waals surface area contributed by atoms with E-state index in [0.29, 0.717) is 48.1 Å². The third-order valence-electron chi connectivity index (χ3n) is 7.09. The van der Waals surface area contributed by atoms with Crippen molar-refractivity contribution in [3.63, 3.8) is 0 Å². The highest BCUT2D eigenvalue weighted by molar-refractivity contribution is 6.08. The Kier molecular flexibility index (Phi) is 7.42. The van der Waals surface area contributed by atoms with E-state index in [0.717, 1.165) is 44.5 Å². The molecule has 0 spiro atoms. The molecule has 1 aliphatic heterocycles.